The van der Waals surface area contributed by atoms with E-state index in [2.05, 4.69) is 5.32 Å². The van der Waals surface area contributed by atoms with Crippen molar-refractivity contribution in [3.05, 3.63) is 29.3 Å². The van der Waals surface area contributed by atoms with Crippen molar-refractivity contribution in [3.8, 4) is 6.07 Å². The highest BCUT2D eigenvalue weighted by molar-refractivity contribution is 5.83. The van der Waals surface area contributed by atoms with Gasteiger partial charge in [-0.25, -0.2) is 4.79 Å². The summed E-state index contributed by atoms with van der Waals surface area (Å²) >= 11 is 0. The van der Waals surface area contributed by atoms with Crippen LogP contribution in [-0.2, 0) is 5.41 Å². The van der Waals surface area contributed by atoms with Gasteiger partial charge >= 0.3 is 6.09 Å². The van der Waals surface area contributed by atoms with Crippen LogP contribution in [-0.4, -0.2) is 11.2 Å². The normalized spacial score (nSPS) is 10.6. The van der Waals surface area contributed by atoms with Crippen molar-refractivity contribution < 1.29 is 9.90 Å². The first-order chi connectivity index (χ1) is 7.32. The molecule has 0 aliphatic rings. The maximum atomic E-state index is 10.5. The predicted molar refractivity (Wildman–Crippen MR) is 61.5 cm³/mol. The molecule has 4 nitrogen and oxygen atoms in total. The maximum absolute atomic E-state index is 10.5. The van der Waals surface area contributed by atoms with Crippen molar-refractivity contribution in [1.29, 1.82) is 5.26 Å². The fourth-order valence-corrected chi connectivity index (χ4v) is 1.32. The lowest BCUT2D eigenvalue weighted by atomic mass is 9.86. The fourth-order valence-electron chi connectivity index (χ4n) is 1.32. The molecule has 84 valence electrons. The molecular weight excluding hydrogens is 204 g/mol. The lowest BCUT2D eigenvalue weighted by Gasteiger charge is -2.20. The van der Waals surface area contributed by atoms with E-state index in [9.17, 15) is 4.79 Å². The lowest BCUT2D eigenvalue weighted by Crippen LogP contribution is -2.13. The van der Waals surface area contributed by atoms with Crippen LogP contribution in [0.1, 0.15) is 31.9 Å². The summed E-state index contributed by atoms with van der Waals surface area (Å²) in [6.07, 6.45) is -1.13. The number of hydrogen-bond acceptors (Lipinski definition) is 2. The summed E-state index contributed by atoms with van der Waals surface area (Å²) in [5, 5.41) is 19.7. The molecule has 1 rings (SSSR count). The van der Waals surface area contributed by atoms with E-state index in [4.69, 9.17) is 10.4 Å². The van der Waals surface area contributed by atoms with Crippen molar-refractivity contribution in [2.24, 2.45) is 0 Å². The smallest absolute Gasteiger partial charge is 0.409 e. The molecule has 0 aliphatic heterocycles. The van der Waals surface area contributed by atoms with Gasteiger partial charge in [0.2, 0.25) is 0 Å². The molecule has 0 atom stereocenters. The van der Waals surface area contributed by atoms with Crippen LogP contribution in [0, 0.1) is 11.3 Å². The molecule has 16 heavy (non-hydrogen) atoms. The molecule has 2 N–H and O–H groups in total. The van der Waals surface area contributed by atoms with Gasteiger partial charge in [0.15, 0.2) is 0 Å². The van der Waals surface area contributed by atoms with Crippen molar-refractivity contribution in [2.75, 3.05) is 5.32 Å². The Kier molecular flexibility index (Phi) is 3.19. The number of amides is 1. The Bertz CT molecular complexity index is 453. The van der Waals surface area contributed by atoms with Gasteiger partial charge in [-0.2, -0.15) is 5.26 Å². The molecule has 0 saturated heterocycles. The van der Waals surface area contributed by atoms with E-state index in [0.717, 1.165) is 5.56 Å². The molecule has 1 aromatic carbocycles. The van der Waals surface area contributed by atoms with Crippen LogP contribution in [0.2, 0.25) is 0 Å². The maximum Gasteiger partial charge on any atom is 0.409 e. The first-order valence-corrected chi connectivity index (χ1v) is 4.88. The summed E-state index contributed by atoms with van der Waals surface area (Å²) in [6.45, 7) is 6.02. The van der Waals surface area contributed by atoms with Gasteiger partial charge in [0.25, 0.3) is 0 Å². The van der Waals surface area contributed by atoms with Gasteiger partial charge in [0.05, 0.1) is 11.6 Å². The highest BCUT2D eigenvalue weighted by atomic mass is 16.4. The van der Waals surface area contributed by atoms with E-state index in [0.29, 0.717) is 11.3 Å². The van der Waals surface area contributed by atoms with Crippen molar-refractivity contribution in [2.45, 2.75) is 26.2 Å². The number of nitrogens with zero attached hydrogens (tertiary/aromatic N) is 1. The van der Waals surface area contributed by atoms with Crippen LogP contribution in [0.25, 0.3) is 0 Å². The lowest BCUT2D eigenvalue weighted by molar-refractivity contribution is 0.209. The zero-order valence-corrected chi connectivity index (χ0v) is 9.53. The van der Waals surface area contributed by atoms with Crippen molar-refractivity contribution in [3.63, 3.8) is 0 Å². The SMILES string of the molecule is CC(C)(C)c1cc(C#N)cc(NC(=O)O)c1. The number of nitriles is 1. The molecule has 0 fully saturated rings. The van der Waals surface area contributed by atoms with Crippen LogP contribution in [0.4, 0.5) is 10.5 Å². The van der Waals surface area contributed by atoms with Crippen LogP contribution in [0.5, 0.6) is 0 Å². The Labute approximate surface area is 94.5 Å². The second-order valence-electron chi connectivity index (χ2n) is 4.59. The van der Waals surface area contributed by atoms with E-state index in [1.54, 1.807) is 12.1 Å². The monoisotopic (exact) mass is 218 g/mol. The Morgan fingerprint density at radius 3 is 2.44 bits per heavy atom. The first kappa shape index (κ1) is 12.1. The summed E-state index contributed by atoms with van der Waals surface area (Å²) in [5.74, 6) is 0. The molecule has 0 radical (unpaired) electrons. The van der Waals surface area contributed by atoms with Gasteiger partial charge in [-0.1, -0.05) is 20.8 Å². The molecular formula is C12H14N2O2. The Morgan fingerprint density at radius 2 is 2.00 bits per heavy atom. The van der Waals surface area contributed by atoms with E-state index in [1.807, 2.05) is 26.8 Å². The largest absolute Gasteiger partial charge is 0.465 e. The summed E-state index contributed by atoms with van der Waals surface area (Å²) in [6, 6.07) is 7.05. The molecule has 0 aliphatic carbocycles. The van der Waals surface area contributed by atoms with Gasteiger partial charge in [-0.05, 0) is 29.2 Å². The third-order valence-corrected chi connectivity index (χ3v) is 2.18. The van der Waals surface area contributed by atoms with Crippen LogP contribution in [0.15, 0.2) is 18.2 Å². The molecule has 0 unspecified atom stereocenters. The van der Waals surface area contributed by atoms with Crippen molar-refractivity contribution in [1.82, 2.24) is 0 Å². The van der Waals surface area contributed by atoms with E-state index < -0.39 is 6.09 Å². The average molecular weight is 218 g/mol. The number of anilines is 1. The van der Waals surface area contributed by atoms with E-state index in [-0.39, 0.29) is 5.41 Å². The van der Waals surface area contributed by atoms with Gasteiger partial charge in [0, 0.05) is 5.69 Å². The number of rotatable bonds is 1. The number of carbonyl (C=O) groups is 1. The quantitative estimate of drug-likeness (QED) is 0.761. The molecule has 1 aromatic rings. The number of carboxylic acid groups (broad SMARTS) is 1. The molecule has 4 heteroatoms. The third kappa shape index (κ3) is 2.99. The minimum absolute atomic E-state index is 0.123. The summed E-state index contributed by atoms with van der Waals surface area (Å²) in [4.78, 5) is 10.5. The predicted octanol–water partition coefficient (Wildman–Crippen LogP) is 2.95. The number of benzene rings is 1. The molecule has 0 spiro atoms. The molecule has 0 heterocycles. The second-order valence-corrected chi connectivity index (χ2v) is 4.59. The van der Waals surface area contributed by atoms with Crippen LogP contribution >= 0.6 is 0 Å². The second kappa shape index (κ2) is 4.23. The molecule has 0 saturated carbocycles. The summed E-state index contributed by atoms with van der Waals surface area (Å²) in [5.41, 5.74) is 1.69. The average Bonchev–Trinajstić information content (AvgIpc) is 2.14. The number of nitrogens with one attached hydrogen (secondary N) is 1. The zero-order chi connectivity index (χ0) is 12.3. The summed E-state index contributed by atoms with van der Waals surface area (Å²) < 4.78 is 0. The van der Waals surface area contributed by atoms with Crippen LogP contribution in [0.3, 0.4) is 0 Å². The van der Waals surface area contributed by atoms with E-state index in [1.165, 1.54) is 6.07 Å². The molecule has 0 aromatic heterocycles. The highest BCUT2D eigenvalue weighted by Crippen LogP contribution is 2.26. The first-order valence-electron chi connectivity index (χ1n) is 4.88. The summed E-state index contributed by atoms with van der Waals surface area (Å²) in [7, 11) is 0. The van der Waals surface area contributed by atoms with Gasteiger partial charge in [-0.3, -0.25) is 5.32 Å². The van der Waals surface area contributed by atoms with Crippen LogP contribution < -0.4 is 5.32 Å². The van der Waals surface area contributed by atoms with Gasteiger partial charge < -0.3 is 5.11 Å². The Morgan fingerprint density at radius 1 is 1.38 bits per heavy atom. The van der Waals surface area contributed by atoms with Gasteiger partial charge in [-0.15, -0.1) is 0 Å². The minimum atomic E-state index is -1.13. The highest BCUT2D eigenvalue weighted by Gasteiger charge is 2.15. The Balaban J connectivity index is 3.22. The third-order valence-electron chi connectivity index (χ3n) is 2.18. The standard InChI is InChI=1S/C12H14N2O2/c1-12(2,3)9-4-8(7-13)5-10(6-9)14-11(15)16/h4-6,14H,1-3H3,(H,15,16). The Hall–Kier alpha value is -2.02. The van der Waals surface area contributed by atoms with Crippen molar-refractivity contribution >= 4 is 11.8 Å². The minimum Gasteiger partial charge on any atom is -0.465 e. The van der Waals surface area contributed by atoms with E-state index >= 15 is 0 Å². The molecule has 0 bridgehead atoms. The fraction of sp³-hybridized carbons (Fsp3) is 0.333. The zero-order valence-electron chi connectivity index (χ0n) is 9.53. The molecule has 1 amide bonds. The topological polar surface area (TPSA) is 73.1 Å². The van der Waals surface area contributed by atoms with Gasteiger partial charge in [0.1, 0.15) is 0 Å². The number of hydrogen-bond donors (Lipinski definition) is 2.